The zero-order valence-electron chi connectivity index (χ0n) is 27.7. The summed E-state index contributed by atoms with van der Waals surface area (Å²) >= 11 is 0. The Morgan fingerprint density at radius 2 is 1.24 bits per heavy atom. The molecule has 2 unspecified atom stereocenters. The largest absolute Gasteiger partial charge is 0.477 e. The number of hydrogen-bond donors (Lipinski definition) is 1. The standard InChI is InChI=1S/C34H63NO7/c1-6-8-10-12-14-15-16-17-19-21-23-25-33(37)42-30(28-40-27-26-31(34(38)39)35(3,4)5)29-41-32(36)24-22-20-18-13-11-9-7-2/h18,20,30-31H,6-17,19,21-29H2,1-5H3/p+1/b20-18+. The zero-order chi connectivity index (χ0) is 31.5. The maximum atomic E-state index is 12.5. The van der Waals surface area contributed by atoms with Gasteiger partial charge in [-0.15, -0.1) is 0 Å². The van der Waals surface area contributed by atoms with Crippen molar-refractivity contribution in [3.8, 4) is 0 Å². The van der Waals surface area contributed by atoms with E-state index in [4.69, 9.17) is 14.2 Å². The molecule has 8 nitrogen and oxygen atoms in total. The number of aliphatic carboxylic acids is 1. The van der Waals surface area contributed by atoms with Crippen molar-refractivity contribution in [1.82, 2.24) is 0 Å². The number of carbonyl (C=O) groups is 3. The van der Waals surface area contributed by atoms with Crippen molar-refractivity contribution < 1.29 is 38.2 Å². The average molecular weight is 599 g/mol. The first-order valence-electron chi connectivity index (χ1n) is 16.7. The van der Waals surface area contributed by atoms with Gasteiger partial charge in [0.1, 0.15) is 6.61 Å². The summed E-state index contributed by atoms with van der Waals surface area (Å²) in [4.78, 5) is 36.4. The molecule has 0 saturated heterocycles. The normalized spacial score (nSPS) is 13.3. The van der Waals surface area contributed by atoms with Crippen LogP contribution in [0.5, 0.6) is 0 Å². The van der Waals surface area contributed by atoms with Gasteiger partial charge in [-0.25, -0.2) is 4.79 Å². The molecule has 0 fully saturated rings. The fraction of sp³-hybridized carbons (Fsp3) is 0.853. The summed E-state index contributed by atoms with van der Waals surface area (Å²) in [7, 11) is 5.49. The molecule has 1 N–H and O–H groups in total. The van der Waals surface area contributed by atoms with Crippen LogP contribution in [0.1, 0.15) is 136 Å². The fourth-order valence-electron chi connectivity index (χ4n) is 4.75. The van der Waals surface area contributed by atoms with E-state index in [1.165, 1.54) is 64.2 Å². The van der Waals surface area contributed by atoms with E-state index < -0.39 is 18.1 Å². The third kappa shape index (κ3) is 24.6. The van der Waals surface area contributed by atoms with Gasteiger partial charge in [-0.3, -0.25) is 9.59 Å². The lowest BCUT2D eigenvalue weighted by Gasteiger charge is -2.31. The molecule has 0 heterocycles. The topological polar surface area (TPSA) is 99.1 Å². The lowest BCUT2D eigenvalue weighted by molar-refractivity contribution is -0.887. The van der Waals surface area contributed by atoms with Crippen LogP contribution in [-0.2, 0) is 28.6 Å². The molecule has 0 aromatic carbocycles. The van der Waals surface area contributed by atoms with Crippen LogP contribution in [0, 0.1) is 0 Å². The molecule has 8 heteroatoms. The second kappa shape index (κ2) is 26.7. The van der Waals surface area contributed by atoms with Crippen LogP contribution in [0.15, 0.2) is 12.2 Å². The summed E-state index contributed by atoms with van der Waals surface area (Å²) in [6.07, 6.45) is 22.8. The van der Waals surface area contributed by atoms with Crippen LogP contribution in [0.25, 0.3) is 0 Å². The van der Waals surface area contributed by atoms with Gasteiger partial charge in [0, 0.05) is 19.3 Å². The number of nitrogens with zero attached hydrogens (tertiary/aromatic N) is 1. The summed E-state index contributed by atoms with van der Waals surface area (Å²) in [5.74, 6) is -1.54. The molecule has 0 aromatic heterocycles. The molecule has 246 valence electrons. The van der Waals surface area contributed by atoms with Gasteiger partial charge in [-0.05, 0) is 25.7 Å². The highest BCUT2D eigenvalue weighted by molar-refractivity contribution is 5.72. The summed E-state index contributed by atoms with van der Waals surface area (Å²) in [5.41, 5.74) is 0. The van der Waals surface area contributed by atoms with Gasteiger partial charge in [0.2, 0.25) is 0 Å². The minimum Gasteiger partial charge on any atom is -0.477 e. The summed E-state index contributed by atoms with van der Waals surface area (Å²) in [6, 6.07) is -0.611. The first-order valence-corrected chi connectivity index (χ1v) is 16.7. The van der Waals surface area contributed by atoms with Crippen molar-refractivity contribution in [1.29, 1.82) is 0 Å². The Labute approximate surface area is 257 Å². The molecule has 0 aliphatic rings. The van der Waals surface area contributed by atoms with E-state index in [1.54, 1.807) is 0 Å². The number of rotatable bonds is 29. The summed E-state index contributed by atoms with van der Waals surface area (Å²) in [5, 5.41) is 9.52. The summed E-state index contributed by atoms with van der Waals surface area (Å²) < 4.78 is 17.0. The van der Waals surface area contributed by atoms with E-state index in [9.17, 15) is 19.5 Å². The molecular weight excluding hydrogens is 534 g/mol. The number of unbranched alkanes of at least 4 members (excludes halogenated alkanes) is 13. The van der Waals surface area contributed by atoms with Gasteiger partial charge in [0.25, 0.3) is 0 Å². The number of ether oxygens (including phenoxy) is 3. The SMILES string of the molecule is CCCCC/C=C/CCC(=O)OCC(COCCC(C(=O)O)[N+](C)(C)C)OC(=O)CCCCCCCCCCCCC. The highest BCUT2D eigenvalue weighted by Crippen LogP contribution is 2.13. The lowest BCUT2D eigenvalue weighted by atomic mass is 10.1. The van der Waals surface area contributed by atoms with Gasteiger partial charge >= 0.3 is 17.9 Å². The third-order valence-electron chi connectivity index (χ3n) is 7.43. The van der Waals surface area contributed by atoms with Crippen molar-refractivity contribution in [3.05, 3.63) is 12.2 Å². The van der Waals surface area contributed by atoms with Crippen molar-refractivity contribution in [2.24, 2.45) is 0 Å². The Bertz CT molecular complexity index is 717. The summed E-state index contributed by atoms with van der Waals surface area (Å²) in [6.45, 7) is 4.60. The van der Waals surface area contributed by atoms with Gasteiger partial charge in [0.15, 0.2) is 12.1 Å². The van der Waals surface area contributed by atoms with Crippen LogP contribution in [0.4, 0.5) is 0 Å². The van der Waals surface area contributed by atoms with Crippen molar-refractivity contribution in [2.45, 2.75) is 148 Å². The van der Waals surface area contributed by atoms with Crippen molar-refractivity contribution in [3.63, 3.8) is 0 Å². The lowest BCUT2D eigenvalue weighted by Crippen LogP contribution is -2.50. The van der Waals surface area contributed by atoms with E-state index in [1.807, 2.05) is 27.2 Å². The second-order valence-corrected chi connectivity index (χ2v) is 12.4. The quantitative estimate of drug-likeness (QED) is 0.0409. The molecule has 2 atom stereocenters. The zero-order valence-corrected chi connectivity index (χ0v) is 27.7. The molecule has 42 heavy (non-hydrogen) atoms. The number of carboxylic acid groups (broad SMARTS) is 1. The molecule has 0 radical (unpaired) electrons. The Hall–Kier alpha value is -1.93. The number of likely N-dealkylation sites (N-methyl/N-ethyl adjacent to an activating group) is 1. The Morgan fingerprint density at radius 1 is 0.690 bits per heavy atom. The Balaban J connectivity index is 4.51. The highest BCUT2D eigenvalue weighted by atomic mass is 16.6. The van der Waals surface area contributed by atoms with Crippen molar-refractivity contribution in [2.75, 3.05) is 41.0 Å². The first-order chi connectivity index (χ1) is 20.1. The number of esters is 2. The molecule has 0 aliphatic heterocycles. The minimum absolute atomic E-state index is 0.0537. The number of carbonyl (C=O) groups excluding carboxylic acids is 2. The minimum atomic E-state index is -0.880. The molecule has 0 rings (SSSR count). The van der Waals surface area contributed by atoms with E-state index >= 15 is 0 Å². The molecule has 0 aromatic rings. The molecule has 0 amide bonds. The third-order valence-corrected chi connectivity index (χ3v) is 7.43. The fourth-order valence-corrected chi connectivity index (χ4v) is 4.75. The van der Waals surface area contributed by atoms with Crippen LogP contribution in [0.3, 0.4) is 0 Å². The molecule has 0 saturated carbocycles. The van der Waals surface area contributed by atoms with E-state index in [0.29, 0.717) is 19.3 Å². The number of carboxylic acids is 1. The number of hydrogen-bond acceptors (Lipinski definition) is 6. The Morgan fingerprint density at radius 3 is 1.81 bits per heavy atom. The predicted molar refractivity (Wildman–Crippen MR) is 169 cm³/mol. The molecular formula is C34H64NO7+. The predicted octanol–water partition coefficient (Wildman–Crippen LogP) is 7.63. The second-order valence-electron chi connectivity index (χ2n) is 12.4. The van der Waals surface area contributed by atoms with E-state index in [0.717, 1.165) is 32.1 Å². The Kier molecular flexibility index (Phi) is 25.5. The van der Waals surface area contributed by atoms with Crippen LogP contribution >= 0.6 is 0 Å². The van der Waals surface area contributed by atoms with Crippen molar-refractivity contribution >= 4 is 17.9 Å². The number of allylic oxidation sites excluding steroid dienone is 2. The monoisotopic (exact) mass is 598 g/mol. The van der Waals surface area contributed by atoms with Crippen LogP contribution in [0.2, 0.25) is 0 Å². The van der Waals surface area contributed by atoms with E-state index in [2.05, 4.69) is 19.9 Å². The van der Waals surface area contributed by atoms with Gasteiger partial charge in [-0.2, -0.15) is 0 Å². The average Bonchev–Trinajstić information content (AvgIpc) is 2.92. The smallest absolute Gasteiger partial charge is 0.362 e. The van der Waals surface area contributed by atoms with E-state index in [-0.39, 0.29) is 42.7 Å². The molecule has 0 bridgehead atoms. The first kappa shape index (κ1) is 40.1. The molecule has 0 aliphatic carbocycles. The maximum absolute atomic E-state index is 12.5. The maximum Gasteiger partial charge on any atom is 0.362 e. The van der Waals surface area contributed by atoms with Gasteiger partial charge in [0.05, 0.1) is 34.4 Å². The van der Waals surface area contributed by atoms with Crippen LogP contribution < -0.4 is 0 Å². The van der Waals surface area contributed by atoms with Crippen LogP contribution in [-0.4, -0.2) is 80.6 Å². The molecule has 0 spiro atoms. The highest BCUT2D eigenvalue weighted by Gasteiger charge is 2.31. The van der Waals surface area contributed by atoms with Gasteiger partial charge in [-0.1, -0.05) is 103 Å². The van der Waals surface area contributed by atoms with Gasteiger partial charge < -0.3 is 23.8 Å². The number of quaternary nitrogens is 1.